The summed E-state index contributed by atoms with van der Waals surface area (Å²) in [5.41, 5.74) is 0.724. The van der Waals surface area contributed by atoms with Gasteiger partial charge in [0.2, 0.25) is 0 Å². The fourth-order valence-electron chi connectivity index (χ4n) is 2.71. The third kappa shape index (κ3) is 6.11. The van der Waals surface area contributed by atoms with E-state index in [-0.39, 0.29) is 12.1 Å². The van der Waals surface area contributed by atoms with E-state index in [1.165, 1.54) is 5.56 Å². The third-order valence-corrected chi connectivity index (χ3v) is 4.19. The van der Waals surface area contributed by atoms with Crippen molar-refractivity contribution < 1.29 is 9.53 Å². The lowest BCUT2D eigenvalue weighted by Crippen LogP contribution is -2.50. The van der Waals surface area contributed by atoms with Crippen LogP contribution < -0.4 is 5.32 Å². The topological polar surface area (TPSA) is 54.5 Å². The lowest BCUT2D eigenvalue weighted by atomic mass is 10.0. The molecule has 0 bridgehead atoms. The molecular weight excluding hydrogens is 358 g/mol. The Balaban J connectivity index is 1.87. The fourth-order valence-corrected chi connectivity index (χ4v) is 3.12. The van der Waals surface area contributed by atoms with Crippen molar-refractivity contribution in [3.05, 3.63) is 28.5 Å². The van der Waals surface area contributed by atoms with Crippen molar-refractivity contribution in [3.8, 4) is 0 Å². The molecule has 6 heteroatoms. The van der Waals surface area contributed by atoms with Crippen molar-refractivity contribution in [2.45, 2.75) is 58.2 Å². The van der Waals surface area contributed by atoms with Crippen LogP contribution in [0, 0.1) is 0 Å². The summed E-state index contributed by atoms with van der Waals surface area (Å²) in [6.07, 6.45) is 4.82. The van der Waals surface area contributed by atoms with Crippen molar-refractivity contribution in [1.29, 1.82) is 0 Å². The van der Waals surface area contributed by atoms with E-state index in [0.717, 1.165) is 43.5 Å². The predicted molar refractivity (Wildman–Crippen MR) is 94.2 cm³/mol. The molecule has 0 spiro atoms. The summed E-state index contributed by atoms with van der Waals surface area (Å²) in [4.78, 5) is 18.4. The molecule has 1 atom stereocenters. The molecule has 0 aromatic carbocycles. The molecular formula is C17H26BrN3O2. The molecule has 1 saturated heterocycles. The number of rotatable bonds is 4. The second-order valence-electron chi connectivity index (χ2n) is 6.94. The molecule has 1 fully saturated rings. The number of nitrogens with one attached hydrogen (secondary N) is 1. The van der Waals surface area contributed by atoms with Crippen LogP contribution in [0.2, 0.25) is 0 Å². The minimum absolute atomic E-state index is 0.198. The number of carbonyl (C=O) groups excluding carboxylic acids is 1. The summed E-state index contributed by atoms with van der Waals surface area (Å²) in [7, 11) is 0. The first kappa shape index (κ1) is 18.2. The summed E-state index contributed by atoms with van der Waals surface area (Å²) in [5.74, 6) is 0. The van der Waals surface area contributed by atoms with Crippen LogP contribution in [0.5, 0.6) is 0 Å². The fraction of sp³-hybridized carbons (Fsp3) is 0.647. The highest BCUT2D eigenvalue weighted by Crippen LogP contribution is 2.20. The van der Waals surface area contributed by atoms with Crippen LogP contribution in [0.25, 0.3) is 0 Å². The standard InChI is InChI=1S/C17H26BrN3O2/c1-17(2,3)23-16(22)21-9-5-4-6-14(21)12-19-11-13-7-8-20-15(18)10-13/h7-8,10,14,19H,4-6,9,11-12H2,1-3H3/t14-/m0/s1. The van der Waals surface area contributed by atoms with E-state index >= 15 is 0 Å². The van der Waals surface area contributed by atoms with E-state index < -0.39 is 5.60 Å². The van der Waals surface area contributed by atoms with Gasteiger partial charge in [-0.3, -0.25) is 0 Å². The smallest absolute Gasteiger partial charge is 0.410 e. The number of hydrogen-bond acceptors (Lipinski definition) is 4. The third-order valence-electron chi connectivity index (χ3n) is 3.76. The normalized spacial score (nSPS) is 18.8. The van der Waals surface area contributed by atoms with E-state index in [4.69, 9.17) is 4.74 Å². The van der Waals surface area contributed by atoms with Gasteiger partial charge >= 0.3 is 6.09 Å². The van der Waals surface area contributed by atoms with Gasteiger partial charge in [-0.25, -0.2) is 9.78 Å². The van der Waals surface area contributed by atoms with Gasteiger partial charge in [0.05, 0.1) is 0 Å². The van der Waals surface area contributed by atoms with E-state index in [1.807, 2.05) is 37.8 Å². The number of piperidine rings is 1. The summed E-state index contributed by atoms with van der Waals surface area (Å²) in [5, 5.41) is 3.45. The van der Waals surface area contributed by atoms with Gasteiger partial charge in [-0.15, -0.1) is 0 Å². The average molecular weight is 384 g/mol. The molecule has 2 rings (SSSR count). The highest BCUT2D eigenvalue weighted by atomic mass is 79.9. The number of aromatic nitrogens is 1. The van der Waals surface area contributed by atoms with Crippen molar-refractivity contribution in [3.63, 3.8) is 0 Å². The molecule has 1 amide bonds. The molecule has 0 saturated carbocycles. The highest BCUT2D eigenvalue weighted by molar-refractivity contribution is 9.10. The van der Waals surface area contributed by atoms with Crippen LogP contribution in [-0.4, -0.2) is 40.7 Å². The first-order valence-corrected chi connectivity index (χ1v) is 8.95. The summed E-state index contributed by atoms with van der Waals surface area (Å²) >= 11 is 3.38. The van der Waals surface area contributed by atoms with E-state index in [1.54, 1.807) is 6.20 Å². The Hall–Kier alpha value is -1.14. The predicted octanol–water partition coefficient (Wildman–Crippen LogP) is 3.72. The van der Waals surface area contributed by atoms with Crippen molar-refractivity contribution in [2.24, 2.45) is 0 Å². The highest BCUT2D eigenvalue weighted by Gasteiger charge is 2.30. The summed E-state index contributed by atoms with van der Waals surface area (Å²) in [6.45, 7) is 8.04. The van der Waals surface area contributed by atoms with Gasteiger partial charge < -0.3 is 15.0 Å². The van der Waals surface area contributed by atoms with Crippen LogP contribution in [0.4, 0.5) is 4.79 Å². The average Bonchev–Trinajstić information content (AvgIpc) is 2.46. The van der Waals surface area contributed by atoms with Gasteiger partial charge in [0.15, 0.2) is 0 Å². The van der Waals surface area contributed by atoms with Crippen LogP contribution in [0.15, 0.2) is 22.9 Å². The number of likely N-dealkylation sites (tertiary alicyclic amines) is 1. The number of nitrogens with zero attached hydrogens (tertiary/aromatic N) is 2. The van der Waals surface area contributed by atoms with Crippen molar-refractivity contribution in [1.82, 2.24) is 15.2 Å². The molecule has 0 aliphatic carbocycles. The number of halogens is 1. The van der Waals surface area contributed by atoms with Gasteiger partial charge in [-0.05, 0) is 73.7 Å². The van der Waals surface area contributed by atoms with E-state index in [2.05, 4.69) is 26.2 Å². The number of amides is 1. The van der Waals surface area contributed by atoms with Gasteiger partial charge in [-0.1, -0.05) is 0 Å². The van der Waals surface area contributed by atoms with Crippen molar-refractivity contribution in [2.75, 3.05) is 13.1 Å². The van der Waals surface area contributed by atoms with Crippen LogP contribution in [0.3, 0.4) is 0 Å². The first-order chi connectivity index (χ1) is 10.8. The molecule has 5 nitrogen and oxygen atoms in total. The minimum Gasteiger partial charge on any atom is -0.444 e. The Morgan fingerprint density at radius 1 is 1.48 bits per heavy atom. The molecule has 1 aliphatic rings. The van der Waals surface area contributed by atoms with Crippen LogP contribution >= 0.6 is 15.9 Å². The zero-order valence-electron chi connectivity index (χ0n) is 14.1. The summed E-state index contributed by atoms with van der Waals surface area (Å²) < 4.78 is 6.37. The first-order valence-electron chi connectivity index (χ1n) is 8.16. The Bertz CT molecular complexity index is 531. The van der Waals surface area contributed by atoms with E-state index in [0.29, 0.717) is 0 Å². The zero-order valence-corrected chi connectivity index (χ0v) is 15.7. The number of ether oxygens (including phenoxy) is 1. The molecule has 1 aliphatic heterocycles. The second-order valence-corrected chi connectivity index (χ2v) is 7.75. The molecule has 0 radical (unpaired) electrons. The lowest BCUT2D eigenvalue weighted by Gasteiger charge is -2.37. The molecule has 1 aromatic rings. The van der Waals surface area contributed by atoms with Crippen LogP contribution in [-0.2, 0) is 11.3 Å². The Morgan fingerprint density at radius 3 is 2.96 bits per heavy atom. The maximum Gasteiger partial charge on any atom is 0.410 e. The maximum atomic E-state index is 12.4. The molecule has 1 aromatic heterocycles. The number of pyridine rings is 1. The Kier molecular flexibility index (Phi) is 6.41. The largest absolute Gasteiger partial charge is 0.444 e. The molecule has 128 valence electrons. The molecule has 2 heterocycles. The zero-order chi connectivity index (χ0) is 16.9. The van der Waals surface area contributed by atoms with Crippen molar-refractivity contribution >= 4 is 22.0 Å². The minimum atomic E-state index is -0.449. The molecule has 1 N–H and O–H groups in total. The monoisotopic (exact) mass is 383 g/mol. The molecule has 23 heavy (non-hydrogen) atoms. The van der Waals surface area contributed by atoms with Gasteiger partial charge in [0.25, 0.3) is 0 Å². The SMILES string of the molecule is CC(C)(C)OC(=O)N1CCCC[C@H]1CNCc1ccnc(Br)c1. The maximum absolute atomic E-state index is 12.4. The summed E-state index contributed by atoms with van der Waals surface area (Å²) in [6, 6.07) is 4.19. The van der Waals surface area contributed by atoms with Gasteiger partial charge in [-0.2, -0.15) is 0 Å². The quantitative estimate of drug-likeness (QED) is 0.804. The lowest BCUT2D eigenvalue weighted by molar-refractivity contribution is 0.00993. The Labute approximate surface area is 146 Å². The van der Waals surface area contributed by atoms with Gasteiger partial charge in [0.1, 0.15) is 10.2 Å². The number of carbonyl (C=O) groups is 1. The Morgan fingerprint density at radius 2 is 2.26 bits per heavy atom. The van der Waals surface area contributed by atoms with Gasteiger partial charge in [0, 0.05) is 31.9 Å². The van der Waals surface area contributed by atoms with Crippen LogP contribution in [0.1, 0.15) is 45.6 Å². The number of hydrogen-bond donors (Lipinski definition) is 1. The second kappa shape index (κ2) is 8.11. The molecule has 0 unspecified atom stereocenters. The van der Waals surface area contributed by atoms with E-state index in [9.17, 15) is 4.79 Å².